The average Bonchev–Trinajstić information content (AvgIpc) is 2.30. The van der Waals surface area contributed by atoms with E-state index in [2.05, 4.69) is 5.32 Å². The number of hydrogen-bond donors (Lipinski definition) is 2. The molecule has 0 aromatic heterocycles. The summed E-state index contributed by atoms with van der Waals surface area (Å²) in [6, 6.07) is 1.86. The second-order valence-electron chi connectivity index (χ2n) is 4.29. The summed E-state index contributed by atoms with van der Waals surface area (Å²) in [6.07, 6.45) is -4.57. The van der Waals surface area contributed by atoms with E-state index < -0.39 is 29.2 Å². The minimum Gasteiger partial charge on any atom is -0.330 e. The first-order valence-electron chi connectivity index (χ1n) is 5.60. The van der Waals surface area contributed by atoms with Crippen LogP contribution in [0.4, 0.5) is 23.2 Å². The molecule has 0 aliphatic heterocycles. The number of alkyl halides is 3. The molecule has 3 N–H and O–H groups in total. The lowest BCUT2D eigenvalue weighted by atomic mass is 10.1. The van der Waals surface area contributed by atoms with Gasteiger partial charge in [0.1, 0.15) is 5.82 Å². The van der Waals surface area contributed by atoms with Gasteiger partial charge in [-0.1, -0.05) is 6.92 Å². The summed E-state index contributed by atoms with van der Waals surface area (Å²) >= 11 is 0. The van der Waals surface area contributed by atoms with Crippen molar-refractivity contribution in [3.63, 3.8) is 0 Å². The number of benzene rings is 1. The first-order valence-corrected chi connectivity index (χ1v) is 5.60. The first-order chi connectivity index (χ1) is 8.74. The van der Waals surface area contributed by atoms with E-state index in [1.165, 1.54) is 0 Å². The summed E-state index contributed by atoms with van der Waals surface area (Å²) in [5.74, 6) is -1.62. The van der Waals surface area contributed by atoms with Crippen LogP contribution < -0.4 is 11.1 Å². The van der Waals surface area contributed by atoms with Gasteiger partial charge in [0.15, 0.2) is 0 Å². The fourth-order valence-corrected chi connectivity index (χ4v) is 1.40. The standard InChI is InChI=1S/C12H14F4N2O/c1-7(6-17)4-11(19)18-10-5-8(12(14,15)16)2-3-9(10)13/h2-3,5,7H,4,6,17H2,1H3,(H,18,19). The fourth-order valence-electron chi connectivity index (χ4n) is 1.40. The largest absolute Gasteiger partial charge is 0.416 e. The number of rotatable bonds is 4. The van der Waals surface area contributed by atoms with Crippen molar-refractivity contribution in [1.29, 1.82) is 0 Å². The number of carbonyl (C=O) groups is 1. The molecule has 1 amide bonds. The highest BCUT2D eigenvalue weighted by atomic mass is 19.4. The van der Waals surface area contributed by atoms with E-state index in [0.29, 0.717) is 18.2 Å². The van der Waals surface area contributed by atoms with Gasteiger partial charge in [0.05, 0.1) is 11.3 Å². The van der Waals surface area contributed by atoms with E-state index in [0.717, 1.165) is 0 Å². The van der Waals surface area contributed by atoms with E-state index in [4.69, 9.17) is 5.73 Å². The van der Waals surface area contributed by atoms with Gasteiger partial charge in [0, 0.05) is 6.42 Å². The third-order valence-corrected chi connectivity index (χ3v) is 2.50. The molecular weight excluding hydrogens is 264 g/mol. The second kappa shape index (κ2) is 6.01. The maximum Gasteiger partial charge on any atom is 0.416 e. The molecule has 0 fully saturated rings. The maximum atomic E-state index is 13.3. The molecule has 0 aliphatic rings. The van der Waals surface area contributed by atoms with E-state index in [-0.39, 0.29) is 18.9 Å². The van der Waals surface area contributed by atoms with Crippen molar-refractivity contribution in [2.75, 3.05) is 11.9 Å². The number of carbonyl (C=O) groups excluding carboxylic acids is 1. The Morgan fingerprint density at radius 3 is 2.58 bits per heavy atom. The molecule has 106 valence electrons. The molecule has 0 radical (unpaired) electrons. The molecule has 1 rings (SSSR count). The highest BCUT2D eigenvalue weighted by Crippen LogP contribution is 2.31. The molecule has 0 bridgehead atoms. The average molecular weight is 278 g/mol. The van der Waals surface area contributed by atoms with Gasteiger partial charge in [-0.15, -0.1) is 0 Å². The molecule has 1 aromatic rings. The quantitative estimate of drug-likeness (QED) is 0.832. The van der Waals surface area contributed by atoms with Gasteiger partial charge in [0.2, 0.25) is 5.91 Å². The maximum absolute atomic E-state index is 13.3. The van der Waals surface area contributed by atoms with Crippen LogP contribution in [0.1, 0.15) is 18.9 Å². The molecule has 1 unspecified atom stereocenters. The minimum absolute atomic E-state index is 0.0200. The molecule has 7 heteroatoms. The van der Waals surface area contributed by atoms with Gasteiger partial charge in [-0.25, -0.2) is 4.39 Å². The summed E-state index contributed by atoms with van der Waals surface area (Å²) in [7, 11) is 0. The van der Waals surface area contributed by atoms with Crippen LogP contribution in [0.5, 0.6) is 0 Å². The Morgan fingerprint density at radius 1 is 1.42 bits per heavy atom. The van der Waals surface area contributed by atoms with Gasteiger partial charge in [0.25, 0.3) is 0 Å². The lowest BCUT2D eigenvalue weighted by molar-refractivity contribution is -0.137. The number of nitrogens with one attached hydrogen (secondary N) is 1. The minimum atomic E-state index is -4.59. The van der Waals surface area contributed by atoms with E-state index in [1.54, 1.807) is 6.92 Å². The van der Waals surface area contributed by atoms with E-state index in [1.807, 2.05) is 0 Å². The van der Waals surface area contributed by atoms with Crippen molar-refractivity contribution in [3.05, 3.63) is 29.6 Å². The molecule has 3 nitrogen and oxygen atoms in total. The summed E-state index contributed by atoms with van der Waals surface area (Å²) in [5.41, 5.74) is 3.82. The summed E-state index contributed by atoms with van der Waals surface area (Å²) in [4.78, 5) is 11.5. The van der Waals surface area contributed by atoms with Crippen molar-refractivity contribution in [3.8, 4) is 0 Å². The Bertz CT molecular complexity index is 460. The Hall–Kier alpha value is -1.63. The van der Waals surface area contributed by atoms with Gasteiger partial charge < -0.3 is 11.1 Å². The number of amides is 1. The van der Waals surface area contributed by atoms with E-state index >= 15 is 0 Å². The number of hydrogen-bond acceptors (Lipinski definition) is 2. The zero-order valence-electron chi connectivity index (χ0n) is 10.2. The van der Waals surface area contributed by atoms with E-state index in [9.17, 15) is 22.4 Å². The Balaban J connectivity index is 2.86. The third-order valence-electron chi connectivity index (χ3n) is 2.50. The molecular formula is C12H14F4N2O. The van der Waals surface area contributed by atoms with Crippen molar-refractivity contribution in [1.82, 2.24) is 0 Å². The Labute approximate surface area is 107 Å². The SMILES string of the molecule is CC(CN)CC(=O)Nc1cc(C(F)(F)F)ccc1F. The van der Waals surface area contributed by atoms with Crippen LogP contribution in [0.25, 0.3) is 0 Å². The van der Waals surface area contributed by atoms with Crippen LogP contribution in [0.15, 0.2) is 18.2 Å². The molecule has 1 atom stereocenters. The Kier molecular flexibility index (Phi) is 4.88. The normalized spacial score (nSPS) is 13.2. The van der Waals surface area contributed by atoms with Crippen LogP contribution in [0.3, 0.4) is 0 Å². The van der Waals surface area contributed by atoms with Crippen molar-refractivity contribution < 1.29 is 22.4 Å². The lowest BCUT2D eigenvalue weighted by Gasteiger charge is -2.12. The number of nitrogens with two attached hydrogens (primary N) is 1. The van der Waals surface area contributed by atoms with Crippen LogP contribution in [-0.4, -0.2) is 12.5 Å². The summed E-state index contributed by atoms with van der Waals surface area (Å²) in [6.45, 7) is 1.97. The highest BCUT2D eigenvalue weighted by molar-refractivity contribution is 5.91. The summed E-state index contributed by atoms with van der Waals surface area (Å²) in [5, 5.41) is 2.12. The van der Waals surface area contributed by atoms with Crippen molar-refractivity contribution in [2.45, 2.75) is 19.5 Å². The van der Waals surface area contributed by atoms with Crippen LogP contribution in [0, 0.1) is 11.7 Å². The smallest absolute Gasteiger partial charge is 0.330 e. The second-order valence-corrected chi connectivity index (χ2v) is 4.29. The van der Waals surface area contributed by atoms with Gasteiger partial charge in [-0.2, -0.15) is 13.2 Å². The Morgan fingerprint density at radius 2 is 2.05 bits per heavy atom. The van der Waals surface area contributed by atoms with Crippen molar-refractivity contribution >= 4 is 11.6 Å². The molecule has 0 saturated heterocycles. The first kappa shape index (κ1) is 15.4. The van der Waals surface area contributed by atoms with Gasteiger partial charge in [-0.05, 0) is 30.7 Å². The zero-order valence-corrected chi connectivity index (χ0v) is 10.2. The van der Waals surface area contributed by atoms with Gasteiger partial charge >= 0.3 is 6.18 Å². The molecule has 19 heavy (non-hydrogen) atoms. The zero-order chi connectivity index (χ0) is 14.6. The fraction of sp³-hybridized carbons (Fsp3) is 0.417. The predicted molar refractivity (Wildman–Crippen MR) is 62.9 cm³/mol. The van der Waals surface area contributed by atoms with Crippen LogP contribution >= 0.6 is 0 Å². The lowest BCUT2D eigenvalue weighted by Crippen LogP contribution is -2.20. The van der Waals surface area contributed by atoms with Crippen molar-refractivity contribution in [2.24, 2.45) is 11.7 Å². The highest BCUT2D eigenvalue weighted by Gasteiger charge is 2.31. The molecule has 0 heterocycles. The van der Waals surface area contributed by atoms with Crippen LogP contribution in [0.2, 0.25) is 0 Å². The predicted octanol–water partition coefficient (Wildman–Crippen LogP) is 2.77. The number of halogens is 4. The van der Waals surface area contributed by atoms with Crippen LogP contribution in [-0.2, 0) is 11.0 Å². The molecule has 0 aliphatic carbocycles. The molecule has 0 spiro atoms. The number of anilines is 1. The third kappa shape index (κ3) is 4.51. The monoisotopic (exact) mass is 278 g/mol. The molecule has 0 saturated carbocycles. The topological polar surface area (TPSA) is 55.1 Å². The molecule has 1 aromatic carbocycles. The summed E-state index contributed by atoms with van der Waals surface area (Å²) < 4.78 is 50.7. The van der Waals surface area contributed by atoms with Gasteiger partial charge in [-0.3, -0.25) is 4.79 Å².